The van der Waals surface area contributed by atoms with Crippen LogP contribution in [0.4, 0.5) is 5.69 Å². The molecule has 1 aliphatic carbocycles. The Kier molecular flexibility index (Phi) is 5.40. The number of benzene rings is 2. The van der Waals surface area contributed by atoms with Crippen LogP contribution >= 0.6 is 0 Å². The second kappa shape index (κ2) is 8.14. The molecule has 0 bridgehead atoms. The average Bonchev–Trinajstić information content (AvgIpc) is 3.36. The zero-order valence-electron chi connectivity index (χ0n) is 17.4. The van der Waals surface area contributed by atoms with Gasteiger partial charge in [-0.15, -0.1) is 0 Å². The largest absolute Gasteiger partial charge is 0.341 e. The highest BCUT2D eigenvalue weighted by atomic mass is 16.2. The van der Waals surface area contributed by atoms with Crippen molar-refractivity contribution < 1.29 is 9.59 Å². The van der Waals surface area contributed by atoms with Gasteiger partial charge in [-0.05, 0) is 61.9 Å². The van der Waals surface area contributed by atoms with Gasteiger partial charge in [-0.3, -0.25) is 9.59 Å². The highest BCUT2D eigenvalue weighted by molar-refractivity contribution is 6.39. The number of carbonyl (C=O) groups excluding carboxylic acids is 2. The molecule has 6 heteroatoms. The lowest BCUT2D eigenvalue weighted by atomic mass is 10.0. The van der Waals surface area contributed by atoms with Gasteiger partial charge in [0.2, 0.25) is 0 Å². The predicted octanol–water partition coefficient (Wildman–Crippen LogP) is 3.94. The number of aryl methyl sites for hydroxylation is 2. The van der Waals surface area contributed by atoms with Crippen LogP contribution in [-0.2, 0) is 9.59 Å². The molecule has 0 radical (unpaired) electrons. The summed E-state index contributed by atoms with van der Waals surface area (Å²) in [4.78, 5) is 25.2. The van der Waals surface area contributed by atoms with E-state index in [0.717, 1.165) is 29.1 Å². The molecule has 6 nitrogen and oxygen atoms in total. The fourth-order valence-corrected chi connectivity index (χ4v) is 3.91. The zero-order chi connectivity index (χ0) is 21.3. The zero-order valence-corrected chi connectivity index (χ0v) is 17.4. The second-order valence-corrected chi connectivity index (χ2v) is 8.08. The van der Waals surface area contributed by atoms with Crippen molar-refractivity contribution in [1.82, 2.24) is 15.1 Å². The van der Waals surface area contributed by atoms with Crippen LogP contribution in [0, 0.1) is 25.7 Å². The number of nitrogens with one attached hydrogen (secondary N) is 2. The second-order valence-electron chi connectivity index (χ2n) is 8.08. The van der Waals surface area contributed by atoms with Gasteiger partial charge in [-0.1, -0.05) is 43.3 Å². The fourth-order valence-electron chi connectivity index (χ4n) is 3.91. The summed E-state index contributed by atoms with van der Waals surface area (Å²) in [6.45, 7) is 6.07. The maximum atomic E-state index is 12.6. The maximum Gasteiger partial charge on any atom is 0.313 e. The number of amides is 2. The van der Waals surface area contributed by atoms with Gasteiger partial charge in [0, 0.05) is 11.4 Å². The molecule has 2 N–H and O–H groups in total. The molecule has 0 saturated heterocycles. The van der Waals surface area contributed by atoms with E-state index in [0.29, 0.717) is 17.5 Å². The number of hydrogen-bond donors (Lipinski definition) is 2. The standard InChI is InChI=1S/C24H26N4O2/c1-15-12-21(15)22(18-8-5-4-6-9-18)26-24(30)23(29)25-19-10-7-11-20(14-19)28-17(3)13-16(2)27-28/h4-11,13-15,21-22H,12H2,1-3H3,(H,25,29)(H,26,30). The van der Waals surface area contributed by atoms with Crippen molar-refractivity contribution in [3.8, 4) is 5.69 Å². The van der Waals surface area contributed by atoms with E-state index in [4.69, 9.17) is 0 Å². The molecule has 30 heavy (non-hydrogen) atoms. The van der Waals surface area contributed by atoms with Crippen LogP contribution in [0.25, 0.3) is 5.69 Å². The van der Waals surface area contributed by atoms with Crippen LogP contribution in [-0.4, -0.2) is 21.6 Å². The molecule has 3 aromatic rings. The topological polar surface area (TPSA) is 76.0 Å². The van der Waals surface area contributed by atoms with E-state index in [1.807, 2.05) is 73.1 Å². The Bertz CT molecular complexity index is 1070. The van der Waals surface area contributed by atoms with Gasteiger partial charge in [0.15, 0.2) is 0 Å². The average molecular weight is 402 g/mol. The molecule has 3 unspecified atom stereocenters. The molecule has 1 heterocycles. The molecule has 0 spiro atoms. The summed E-state index contributed by atoms with van der Waals surface area (Å²) in [5.41, 5.74) is 4.32. The van der Waals surface area contributed by atoms with Crippen LogP contribution in [0.15, 0.2) is 60.7 Å². The van der Waals surface area contributed by atoms with E-state index in [2.05, 4.69) is 22.7 Å². The molecular formula is C24H26N4O2. The molecule has 1 saturated carbocycles. The molecule has 1 aliphatic rings. The van der Waals surface area contributed by atoms with Crippen molar-refractivity contribution in [3.63, 3.8) is 0 Å². The highest BCUT2D eigenvalue weighted by Crippen LogP contribution is 2.46. The van der Waals surface area contributed by atoms with E-state index in [-0.39, 0.29) is 6.04 Å². The van der Waals surface area contributed by atoms with Crippen molar-refractivity contribution in [2.24, 2.45) is 11.8 Å². The van der Waals surface area contributed by atoms with Crippen molar-refractivity contribution in [2.75, 3.05) is 5.32 Å². The molecule has 1 fully saturated rings. The van der Waals surface area contributed by atoms with Gasteiger partial charge in [0.1, 0.15) is 0 Å². The molecule has 3 atom stereocenters. The maximum absolute atomic E-state index is 12.6. The Hall–Kier alpha value is -3.41. The minimum absolute atomic E-state index is 0.152. The van der Waals surface area contributed by atoms with Crippen molar-refractivity contribution in [1.29, 1.82) is 0 Å². The van der Waals surface area contributed by atoms with Gasteiger partial charge in [0.25, 0.3) is 0 Å². The first-order valence-corrected chi connectivity index (χ1v) is 10.2. The van der Waals surface area contributed by atoms with Crippen molar-refractivity contribution >= 4 is 17.5 Å². The van der Waals surface area contributed by atoms with Gasteiger partial charge in [-0.2, -0.15) is 5.10 Å². The first-order chi connectivity index (χ1) is 14.4. The number of anilines is 1. The first-order valence-electron chi connectivity index (χ1n) is 10.2. The molecule has 2 amide bonds. The summed E-state index contributed by atoms with van der Waals surface area (Å²) in [7, 11) is 0. The number of aromatic nitrogens is 2. The Morgan fingerprint density at radius 3 is 2.40 bits per heavy atom. The van der Waals surface area contributed by atoms with Gasteiger partial charge >= 0.3 is 11.8 Å². The van der Waals surface area contributed by atoms with Crippen LogP contribution in [0.2, 0.25) is 0 Å². The lowest BCUT2D eigenvalue weighted by Crippen LogP contribution is -2.38. The first kappa shape index (κ1) is 19.9. The lowest BCUT2D eigenvalue weighted by Gasteiger charge is -2.19. The molecular weight excluding hydrogens is 376 g/mol. The monoisotopic (exact) mass is 402 g/mol. The molecule has 1 aromatic heterocycles. The summed E-state index contributed by atoms with van der Waals surface area (Å²) in [5, 5.41) is 10.1. The lowest BCUT2D eigenvalue weighted by molar-refractivity contribution is -0.136. The third-order valence-corrected chi connectivity index (χ3v) is 5.61. The Balaban J connectivity index is 1.46. The number of rotatable bonds is 5. The van der Waals surface area contributed by atoms with E-state index >= 15 is 0 Å². The minimum Gasteiger partial charge on any atom is -0.341 e. The van der Waals surface area contributed by atoms with Gasteiger partial charge in [0.05, 0.1) is 17.4 Å². The predicted molar refractivity (Wildman–Crippen MR) is 116 cm³/mol. The summed E-state index contributed by atoms with van der Waals surface area (Å²) < 4.78 is 1.81. The third kappa shape index (κ3) is 4.27. The van der Waals surface area contributed by atoms with Crippen molar-refractivity contribution in [2.45, 2.75) is 33.2 Å². The SMILES string of the molecule is Cc1cc(C)n(-c2cccc(NC(=O)C(=O)NC(c3ccccc3)C3CC3C)c2)n1. The van der Waals surface area contributed by atoms with Crippen LogP contribution in [0.3, 0.4) is 0 Å². The van der Waals surface area contributed by atoms with Crippen molar-refractivity contribution in [3.05, 3.63) is 77.6 Å². The summed E-state index contributed by atoms with van der Waals surface area (Å²) >= 11 is 0. The molecule has 0 aliphatic heterocycles. The molecule has 2 aromatic carbocycles. The smallest absolute Gasteiger partial charge is 0.313 e. The molecule has 4 rings (SSSR count). The van der Waals surface area contributed by atoms with E-state index in [1.165, 1.54) is 0 Å². The van der Waals surface area contributed by atoms with Gasteiger partial charge < -0.3 is 10.6 Å². The normalized spacial score (nSPS) is 18.5. The van der Waals surface area contributed by atoms with E-state index < -0.39 is 11.8 Å². The quantitative estimate of drug-likeness (QED) is 0.635. The highest BCUT2D eigenvalue weighted by Gasteiger charge is 2.41. The Morgan fingerprint density at radius 2 is 1.77 bits per heavy atom. The van der Waals surface area contributed by atoms with Crippen LogP contribution in [0.5, 0.6) is 0 Å². The number of hydrogen-bond acceptors (Lipinski definition) is 3. The third-order valence-electron chi connectivity index (χ3n) is 5.61. The fraction of sp³-hybridized carbons (Fsp3) is 0.292. The molecule has 154 valence electrons. The minimum atomic E-state index is -0.672. The van der Waals surface area contributed by atoms with E-state index in [1.54, 1.807) is 6.07 Å². The summed E-state index contributed by atoms with van der Waals surface area (Å²) in [6.07, 6.45) is 1.05. The Morgan fingerprint density at radius 1 is 1.03 bits per heavy atom. The number of carbonyl (C=O) groups is 2. The van der Waals surface area contributed by atoms with E-state index in [9.17, 15) is 9.59 Å². The van der Waals surface area contributed by atoms with Gasteiger partial charge in [-0.25, -0.2) is 4.68 Å². The summed E-state index contributed by atoms with van der Waals surface area (Å²) in [5.74, 6) is -0.399. The van der Waals surface area contributed by atoms with Crippen LogP contribution in [0.1, 0.15) is 36.3 Å². The Labute approximate surface area is 176 Å². The van der Waals surface area contributed by atoms with Crippen LogP contribution < -0.4 is 10.6 Å². The number of nitrogens with zero attached hydrogens (tertiary/aromatic N) is 2. The summed E-state index contributed by atoms with van der Waals surface area (Å²) in [6, 6.07) is 19.0.